The number of rotatable bonds is 5. The van der Waals surface area contributed by atoms with Crippen LogP contribution >= 0.6 is 11.8 Å². The molecule has 2 aliphatic heterocycles. The van der Waals surface area contributed by atoms with Gasteiger partial charge in [0.2, 0.25) is 5.90 Å². The second kappa shape index (κ2) is 7.01. The first-order valence-corrected chi connectivity index (χ1v) is 8.46. The zero-order chi connectivity index (χ0) is 15.4. The molecular weight excluding hydrogens is 298 g/mol. The van der Waals surface area contributed by atoms with E-state index in [0.29, 0.717) is 6.42 Å². The van der Waals surface area contributed by atoms with Crippen LogP contribution in [0.15, 0.2) is 46.3 Å². The molecule has 0 aromatic heterocycles. The van der Waals surface area contributed by atoms with Crippen molar-refractivity contribution in [3.8, 4) is 0 Å². The Morgan fingerprint density at radius 2 is 2.27 bits per heavy atom. The van der Waals surface area contributed by atoms with E-state index in [1.54, 1.807) is 0 Å². The third-order valence-electron chi connectivity index (χ3n) is 3.75. The normalized spacial score (nSPS) is 24.8. The van der Waals surface area contributed by atoms with Crippen LogP contribution < -0.4 is 0 Å². The second-order valence-electron chi connectivity index (χ2n) is 5.29. The molecule has 1 aromatic carbocycles. The molecule has 116 valence electrons. The number of allylic oxidation sites excluding steroid dienone is 1. The highest BCUT2D eigenvalue weighted by molar-refractivity contribution is 8.03. The van der Waals surface area contributed by atoms with E-state index in [1.807, 2.05) is 42.1 Å². The van der Waals surface area contributed by atoms with Crippen molar-refractivity contribution < 1.29 is 14.3 Å². The first kappa shape index (κ1) is 15.2. The van der Waals surface area contributed by atoms with Crippen LogP contribution in [0.5, 0.6) is 0 Å². The van der Waals surface area contributed by atoms with Gasteiger partial charge < -0.3 is 9.47 Å². The number of thioether (sulfide) groups is 1. The van der Waals surface area contributed by atoms with E-state index in [1.165, 1.54) is 12.0 Å². The third kappa shape index (κ3) is 3.35. The van der Waals surface area contributed by atoms with Crippen molar-refractivity contribution in [1.29, 1.82) is 0 Å². The summed E-state index contributed by atoms with van der Waals surface area (Å²) in [6, 6.07) is 10.2. The van der Waals surface area contributed by atoms with Gasteiger partial charge in [0.1, 0.15) is 6.04 Å². The maximum absolute atomic E-state index is 11.1. The van der Waals surface area contributed by atoms with Gasteiger partial charge in [0.05, 0.1) is 7.11 Å². The van der Waals surface area contributed by atoms with Gasteiger partial charge in [-0.05, 0) is 25.0 Å². The zero-order valence-corrected chi connectivity index (χ0v) is 13.3. The molecule has 3 rings (SSSR count). The Hall–Kier alpha value is -1.75. The van der Waals surface area contributed by atoms with Crippen molar-refractivity contribution in [1.82, 2.24) is 0 Å². The van der Waals surface area contributed by atoms with Crippen LogP contribution in [-0.2, 0) is 14.3 Å². The SMILES string of the molecule is COC(=O)CCC/C=C1/SCC2N=C(c3ccccc3)OC12. The van der Waals surface area contributed by atoms with E-state index in [0.717, 1.165) is 30.1 Å². The zero-order valence-electron chi connectivity index (χ0n) is 12.5. The number of methoxy groups -OCH3 is 1. The number of carbonyl (C=O) groups excluding carboxylic acids is 1. The monoisotopic (exact) mass is 317 g/mol. The van der Waals surface area contributed by atoms with Gasteiger partial charge in [0, 0.05) is 22.6 Å². The highest BCUT2D eigenvalue weighted by atomic mass is 32.2. The fourth-order valence-corrected chi connectivity index (χ4v) is 3.79. The Morgan fingerprint density at radius 3 is 3.05 bits per heavy atom. The lowest BCUT2D eigenvalue weighted by molar-refractivity contribution is -0.140. The molecule has 2 aliphatic rings. The number of hydrogen-bond acceptors (Lipinski definition) is 5. The average molecular weight is 317 g/mol. The summed E-state index contributed by atoms with van der Waals surface area (Å²) in [4.78, 5) is 17.0. The van der Waals surface area contributed by atoms with E-state index < -0.39 is 0 Å². The van der Waals surface area contributed by atoms with Crippen LogP contribution in [0, 0.1) is 0 Å². The Morgan fingerprint density at radius 1 is 1.45 bits per heavy atom. The molecule has 0 bridgehead atoms. The summed E-state index contributed by atoms with van der Waals surface area (Å²) in [5, 5.41) is 0. The number of carbonyl (C=O) groups is 1. The molecule has 0 amide bonds. The molecule has 2 atom stereocenters. The number of esters is 1. The highest BCUT2D eigenvalue weighted by Crippen LogP contribution is 2.39. The molecule has 2 heterocycles. The van der Waals surface area contributed by atoms with Crippen LogP contribution in [0.4, 0.5) is 0 Å². The van der Waals surface area contributed by atoms with Crippen molar-refractivity contribution in [3.05, 3.63) is 46.9 Å². The van der Waals surface area contributed by atoms with Gasteiger partial charge in [0.25, 0.3) is 0 Å². The summed E-state index contributed by atoms with van der Waals surface area (Å²) >= 11 is 1.81. The third-order valence-corrected chi connectivity index (χ3v) is 4.99. The predicted molar refractivity (Wildman–Crippen MR) is 88.0 cm³/mol. The number of unbranched alkanes of at least 4 members (excludes halogenated alkanes) is 1. The molecule has 5 heteroatoms. The summed E-state index contributed by atoms with van der Waals surface area (Å²) in [5.74, 6) is 1.56. The minimum atomic E-state index is -0.151. The Labute approximate surface area is 134 Å². The van der Waals surface area contributed by atoms with Gasteiger partial charge in [-0.1, -0.05) is 24.3 Å². The number of aliphatic imine (C=N–C) groups is 1. The number of hydrogen-bond donors (Lipinski definition) is 0. The minimum absolute atomic E-state index is 0.0540. The Balaban J connectivity index is 1.57. The lowest BCUT2D eigenvalue weighted by Crippen LogP contribution is -2.18. The minimum Gasteiger partial charge on any atom is -0.469 e. The maximum Gasteiger partial charge on any atom is 0.305 e. The number of nitrogens with zero attached hydrogens (tertiary/aromatic N) is 1. The maximum atomic E-state index is 11.1. The van der Waals surface area contributed by atoms with Gasteiger partial charge in [0.15, 0.2) is 6.10 Å². The van der Waals surface area contributed by atoms with Crippen LogP contribution in [0.1, 0.15) is 24.8 Å². The van der Waals surface area contributed by atoms with E-state index in [-0.39, 0.29) is 18.1 Å². The average Bonchev–Trinajstić information content (AvgIpc) is 3.13. The summed E-state index contributed by atoms with van der Waals surface area (Å²) < 4.78 is 10.7. The van der Waals surface area contributed by atoms with Crippen molar-refractivity contribution in [2.75, 3.05) is 12.9 Å². The van der Waals surface area contributed by atoms with Crippen molar-refractivity contribution in [2.45, 2.75) is 31.4 Å². The Kier molecular flexibility index (Phi) is 4.83. The molecule has 0 spiro atoms. The van der Waals surface area contributed by atoms with Gasteiger partial charge >= 0.3 is 5.97 Å². The summed E-state index contributed by atoms with van der Waals surface area (Å²) in [6.07, 6.45) is 4.37. The van der Waals surface area contributed by atoms with Crippen LogP contribution in [0.2, 0.25) is 0 Å². The van der Waals surface area contributed by atoms with E-state index >= 15 is 0 Å². The summed E-state index contributed by atoms with van der Waals surface area (Å²) in [6.45, 7) is 0. The first-order valence-electron chi connectivity index (χ1n) is 7.47. The summed E-state index contributed by atoms with van der Waals surface area (Å²) in [5.41, 5.74) is 1.03. The molecule has 0 saturated carbocycles. The molecule has 0 radical (unpaired) electrons. The first-order chi connectivity index (χ1) is 10.8. The smallest absolute Gasteiger partial charge is 0.305 e. The van der Waals surface area contributed by atoms with Crippen LogP contribution in [0.25, 0.3) is 0 Å². The lowest BCUT2D eigenvalue weighted by Gasteiger charge is -2.11. The topological polar surface area (TPSA) is 47.9 Å². The summed E-state index contributed by atoms with van der Waals surface area (Å²) in [7, 11) is 1.42. The van der Waals surface area contributed by atoms with E-state index in [2.05, 4.69) is 10.8 Å². The second-order valence-corrected chi connectivity index (χ2v) is 6.39. The largest absolute Gasteiger partial charge is 0.469 e. The van der Waals surface area contributed by atoms with Crippen LogP contribution in [-0.4, -0.2) is 36.9 Å². The lowest BCUT2D eigenvalue weighted by atomic mass is 10.1. The van der Waals surface area contributed by atoms with Gasteiger partial charge in [-0.2, -0.15) is 0 Å². The molecule has 4 nitrogen and oxygen atoms in total. The van der Waals surface area contributed by atoms with Crippen molar-refractivity contribution in [3.63, 3.8) is 0 Å². The van der Waals surface area contributed by atoms with E-state index in [9.17, 15) is 4.79 Å². The fraction of sp³-hybridized carbons (Fsp3) is 0.412. The van der Waals surface area contributed by atoms with E-state index in [4.69, 9.17) is 9.73 Å². The van der Waals surface area contributed by atoms with Gasteiger partial charge in [-0.3, -0.25) is 4.79 Å². The Bertz CT molecular complexity index is 597. The van der Waals surface area contributed by atoms with Crippen LogP contribution in [0.3, 0.4) is 0 Å². The number of fused-ring (bicyclic) bond motifs is 1. The molecule has 0 aliphatic carbocycles. The quantitative estimate of drug-likeness (QED) is 0.618. The van der Waals surface area contributed by atoms with Crippen molar-refractivity contribution >= 4 is 23.6 Å². The number of ether oxygens (including phenoxy) is 2. The molecule has 1 saturated heterocycles. The standard InChI is InChI=1S/C17H19NO3S/c1-20-15(19)10-6-5-9-14-16-13(11-22-14)18-17(21-16)12-7-3-2-4-8-12/h2-4,7-9,13,16H,5-6,10-11H2,1H3/b14-9+. The van der Waals surface area contributed by atoms with Crippen molar-refractivity contribution in [2.24, 2.45) is 4.99 Å². The highest BCUT2D eigenvalue weighted by Gasteiger charge is 2.39. The molecular formula is C17H19NO3S. The molecule has 1 aromatic rings. The molecule has 1 fully saturated rings. The van der Waals surface area contributed by atoms with Gasteiger partial charge in [-0.15, -0.1) is 11.8 Å². The molecule has 2 unspecified atom stereocenters. The van der Waals surface area contributed by atoms with Gasteiger partial charge in [-0.25, -0.2) is 4.99 Å². The fourth-order valence-electron chi connectivity index (χ4n) is 2.57. The molecule has 0 N–H and O–H groups in total. The number of benzene rings is 1. The molecule has 22 heavy (non-hydrogen) atoms. The predicted octanol–water partition coefficient (Wildman–Crippen LogP) is 3.17.